The number of rotatable bonds is 9. The van der Waals surface area contributed by atoms with Crippen molar-refractivity contribution in [3.05, 3.63) is 93.5 Å². The van der Waals surface area contributed by atoms with Gasteiger partial charge >= 0.3 is 5.97 Å². The van der Waals surface area contributed by atoms with Gasteiger partial charge in [0.1, 0.15) is 0 Å². The van der Waals surface area contributed by atoms with E-state index in [1.807, 2.05) is 66.7 Å². The van der Waals surface area contributed by atoms with Crippen molar-refractivity contribution in [3.63, 3.8) is 0 Å². The minimum absolute atomic E-state index is 0.0337. The molecule has 0 atom stereocenters. The minimum Gasteiger partial charge on any atom is -0.494 e. The number of aromatic hydroxyl groups is 1. The van der Waals surface area contributed by atoms with Gasteiger partial charge in [0.25, 0.3) is 0 Å². The van der Waals surface area contributed by atoms with Crippen molar-refractivity contribution < 1.29 is 15.0 Å². The summed E-state index contributed by atoms with van der Waals surface area (Å²) < 4.78 is 0.900. The normalized spacial score (nSPS) is 12.3. The lowest BCUT2D eigenvalue weighted by molar-refractivity contribution is -0.136. The number of aromatic nitrogens is 1. The molecule has 0 amide bonds. The Kier molecular flexibility index (Phi) is 7.62. The van der Waals surface area contributed by atoms with Crippen LogP contribution in [0.15, 0.2) is 76.2 Å². The Morgan fingerprint density at radius 1 is 1.03 bits per heavy atom. The Hall–Kier alpha value is -3.42. The molecule has 5 N–H and O–H groups in total. The van der Waals surface area contributed by atoms with E-state index in [1.54, 1.807) is 0 Å². The van der Waals surface area contributed by atoms with E-state index in [1.165, 1.54) is 0 Å². The maximum Gasteiger partial charge on any atom is 0.303 e. The first-order valence-electron chi connectivity index (χ1n) is 12.0. The molecule has 1 heterocycles. The highest BCUT2D eigenvalue weighted by Gasteiger charge is 2.23. The number of aliphatic carboxylic acids is 1. The Bertz CT molecular complexity index is 1400. The smallest absolute Gasteiger partial charge is 0.303 e. The van der Waals surface area contributed by atoms with Crippen molar-refractivity contribution in [2.24, 2.45) is 10.7 Å². The second kappa shape index (κ2) is 10.7. The van der Waals surface area contributed by atoms with Crippen LogP contribution in [-0.2, 0) is 16.8 Å². The van der Waals surface area contributed by atoms with E-state index >= 15 is 0 Å². The number of fused-ring (bicyclic) bond motifs is 1. The van der Waals surface area contributed by atoms with E-state index in [0.717, 1.165) is 50.6 Å². The lowest BCUT2D eigenvalue weighted by atomic mass is 9.86. The number of halogens is 1. The lowest BCUT2D eigenvalue weighted by Crippen LogP contribution is -2.34. The van der Waals surface area contributed by atoms with Crippen molar-refractivity contribution >= 4 is 44.2 Å². The molecule has 0 unspecified atom stereocenters. The van der Waals surface area contributed by atoms with Crippen LogP contribution in [0.2, 0.25) is 0 Å². The van der Waals surface area contributed by atoms with E-state index in [4.69, 9.17) is 15.8 Å². The van der Waals surface area contributed by atoms with Crippen LogP contribution in [0.25, 0.3) is 10.9 Å². The van der Waals surface area contributed by atoms with Crippen LogP contribution >= 0.6 is 15.9 Å². The van der Waals surface area contributed by atoms with Gasteiger partial charge in [0.15, 0.2) is 5.88 Å². The Balaban J connectivity index is 1.82. The summed E-state index contributed by atoms with van der Waals surface area (Å²) >= 11 is 3.49. The summed E-state index contributed by atoms with van der Waals surface area (Å²) in [6, 6.07) is 21.4. The third-order valence-corrected chi connectivity index (χ3v) is 7.27. The summed E-state index contributed by atoms with van der Waals surface area (Å²) in [6.45, 7) is 4.18. The topological polar surface area (TPSA) is 112 Å². The largest absolute Gasteiger partial charge is 0.494 e. The summed E-state index contributed by atoms with van der Waals surface area (Å²) in [6.07, 6.45) is 2.20. The van der Waals surface area contributed by atoms with E-state index in [9.17, 15) is 9.90 Å². The fraction of sp³-hybridized carbons (Fsp3) is 0.241. The van der Waals surface area contributed by atoms with Crippen LogP contribution in [0.3, 0.4) is 0 Å². The van der Waals surface area contributed by atoms with Gasteiger partial charge < -0.3 is 20.9 Å². The number of benzene rings is 3. The monoisotopic (exact) mass is 547 g/mol. The highest BCUT2D eigenvalue weighted by Crippen LogP contribution is 2.34. The Labute approximate surface area is 219 Å². The molecular weight excluding hydrogens is 518 g/mol. The van der Waals surface area contributed by atoms with Gasteiger partial charge in [-0.3, -0.25) is 4.79 Å². The molecule has 0 radical (unpaired) electrons. The first kappa shape index (κ1) is 25.7. The summed E-state index contributed by atoms with van der Waals surface area (Å²) in [7, 11) is 0. The van der Waals surface area contributed by atoms with Gasteiger partial charge in [-0.2, -0.15) is 0 Å². The molecule has 0 aliphatic carbocycles. The summed E-state index contributed by atoms with van der Waals surface area (Å²) in [5.74, 6) is -0.793. The molecule has 3 aromatic carbocycles. The number of carbonyl (C=O) groups is 1. The quantitative estimate of drug-likeness (QED) is 0.173. The van der Waals surface area contributed by atoms with Crippen LogP contribution in [0.1, 0.15) is 55.4 Å². The van der Waals surface area contributed by atoms with Gasteiger partial charge in [0, 0.05) is 27.4 Å². The standard InChI is InChI=1S/C29H30BrN3O3/c1-3-29(31,4-2)20-10-13-22(14-11-20)32-27(19-8-5-18(6-9-19)7-16-25(34)35)26-23-15-12-21(30)17-24(23)33-28(26)36/h5-6,8-15,17,33,36H,3-4,7,16,31H2,1-2H3,(H,34,35). The molecule has 7 heteroatoms. The summed E-state index contributed by atoms with van der Waals surface area (Å²) in [5.41, 5.74) is 11.8. The van der Waals surface area contributed by atoms with Gasteiger partial charge in [-0.1, -0.05) is 72.2 Å². The number of nitrogens with zero attached hydrogens (tertiary/aromatic N) is 1. The van der Waals surface area contributed by atoms with E-state index in [-0.39, 0.29) is 17.8 Å². The van der Waals surface area contributed by atoms with Gasteiger partial charge in [0.2, 0.25) is 0 Å². The number of hydrogen-bond acceptors (Lipinski definition) is 4. The molecule has 36 heavy (non-hydrogen) atoms. The van der Waals surface area contributed by atoms with Crippen molar-refractivity contribution in [2.75, 3.05) is 0 Å². The van der Waals surface area contributed by atoms with Crippen LogP contribution in [0, 0.1) is 0 Å². The molecule has 186 valence electrons. The summed E-state index contributed by atoms with van der Waals surface area (Å²) in [4.78, 5) is 19.0. The average Bonchev–Trinajstić information content (AvgIpc) is 3.20. The Morgan fingerprint density at radius 2 is 1.69 bits per heavy atom. The van der Waals surface area contributed by atoms with Crippen LogP contribution in [0.5, 0.6) is 5.88 Å². The first-order valence-corrected chi connectivity index (χ1v) is 12.8. The number of aliphatic imine (C=N–C) groups is 1. The zero-order chi connectivity index (χ0) is 25.9. The Morgan fingerprint density at radius 3 is 2.31 bits per heavy atom. The van der Waals surface area contributed by atoms with Gasteiger partial charge in [0.05, 0.1) is 22.5 Å². The van der Waals surface area contributed by atoms with Crippen molar-refractivity contribution in [2.45, 2.75) is 45.1 Å². The van der Waals surface area contributed by atoms with Crippen LogP contribution in [0.4, 0.5) is 5.69 Å². The fourth-order valence-corrected chi connectivity index (χ4v) is 4.76. The molecule has 1 aromatic heterocycles. The highest BCUT2D eigenvalue weighted by atomic mass is 79.9. The fourth-order valence-electron chi connectivity index (χ4n) is 4.40. The molecule has 6 nitrogen and oxygen atoms in total. The third kappa shape index (κ3) is 5.37. The maximum absolute atomic E-state index is 11.0. The minimum atomic E-state index is -0.827. The molecule has 0 fully saturated rings. The number of carboxylic acids is 1. The molecule has 0 spiro atoms. The number of nitrogens with one attached hydrogen (secondary N) is 1. The molecule has 0 aliphatic rings. The summed E-state index contributed by atoms with van der Waals surface area (Å²) in [5, 5.41) is 20.8. The van der Waals surface area contributed by atoms with Crippen LogP contribution in [-0.4, -0.2) is 26.9 Å². The predicted molar refractivity (Wildman–Crippen MR) is 148 cm³/mol. The number of aromatic amines is 1. The third-order valence-electron chi connectivity index (χ3n) is 6.78. The number of hydrogen-bond donors (Lipinski definition) is 4. The number of nitrogens with two attached hydrogens (primary N) is 1. The first-order chi connectivity index (χ1) is 17.2. The van der Waals surface area contributed by atoms with E-state index < -0.39 is 5.97 Å². The predicted octanol–water partition coefficient (Wildman–Crippen LogP) is 6.80. The molecule has 0 saturated heterocycles. The molecule has 4 rings (SSSR count). The molecular formula is C29H30BrN3O3. The highest BCUT2D eigenvalue weighted by molar-refractivity contribution is 9.10. The maximum atomic E-state index is 11.0. The molecule has 0 aliphatic heterocycles. The van der Waals surface area contributed by atoms with Gasteiger partial charge in [-0.05, 0) is 54.7 Å². The number of aryl methyl sites for hydroxylation is 1. The van der Waals surface area contributed by atoms with Gasteiger partial charge in [-0.15, -0.1) is 0 Å². The zero-order valence-corrected chi connectivity index (χ0v) is 22.0. The molecule has 4 aromatic rings. The second-order valence-electron chi connectivity index (χ2n) is 9.00. The van der Waals surface area contributed by atoms with Crippen LogP contribution < -0.4 is 5.73 Å². The lowest BCUT2D eigenvalue weighted by Gasteiger charge is -2.27. The van der Waals surface area contributed by atoms with E-state index in [0.29, 0.717) is 17.7 Å². The molecule has 0 saturated carbocycles. The van der Waals surface area contributed by atoms with Crippen molar-refractivity contribution in [1.82, 2.24) is 4.98 Å². The van der Waals surface area contributed by atoms with Crippen molar-refractivity contribution in [1.29, 1.82) is 0 Å². The second-order valence-corrected chi connectivity index (χ2v) is 9.92. The van der Waals surface area contributed by atoms with Crippen molar-refractivity contribution in [3.8, 4) is 5.88 Å². The number of H-pyrrole nitrogens is 1. The SMILES string of the molecule is CCC(N)(CC)c1ccc(N=C(c2ccc(CCC(=O)O)cc2)c2c(O)[nH]c3cc(Br)ccc23)cc1. The zero-order valence-electron chi connectivity index (χ0n) is 20.4. The average molecular weight is 548 g/mol. The van der Waals surface area contributed by atoms with E-state index in [2.05, 4.69) is 34.8 Å². The van der Waals surface area contributed by atoms with Gasteiger partial charge in [-0.25, -0.2) is 4.99 Å². The number of carboxylic acid groups (broad SMARTS) is 1. The molecule has 0 bridgehead atoms.